The van der Waals surface area contributed by atoms with Gasteiger partial charge in [0.05, 0.1) is 5.69 Å². The molecular weight excluding hydrogens is 274 g/mol. The summed E-state index contributed by atoms with van der Waals surface area (Å²) in [5.74, 6) is -5.08. The van der Waals surface area contributed by atoms with E-state index in [1.165, 1.54) is 19.1 Å². The zero-order valence-corrected chi connectivity index (χ0v) is 10.3. The highest BCUT2D eigenvalue weighted by Gasteiger charge is 2.15. The maximum atomic E-state index is 13.4. The average Bonchev–Trinajstić information content (AvgIpc) is 2.38. The Morgan fingerprint density at radius 2 is 1.70 bits per heavy atom. The molecular formula is C14H9F4NO. The van der Waals surface area contributed by atoms with E-state index in [0.29, 0.717) is 12.1 Å². The van der Waals surface area contributed by atoms with Crippen molar-refractivity contribution in [3.63, 3.8) is 0 Å². The van der Waals surface area contributed by atoms with Crippen LogP contribution in [0, 0.1) is 30.2 Å². The van der Waals surface area contributed by atoms with Crippen molar-refractivity contribution in [2.45, 2.75) is 6.92 Å². The van der Waals surface area contributed by atoms with Crippen molar-refractivity contribution in [2.75, 3.05) is 5.32 Å². The fraction of sp³-hybridized carbons (Fsp3) is 0.0714. The van der Waals surface area contributed by atoms with Gasteiger partial charge in [0.25, 0.3) is 5.91 Å². The van der Waals surface area contributed by atoms with Gasteiger partial charge in [-0.05, 0) is 30.7 Å². The number of hydrogen-bond acceptors (Lipinski definition) is 1. The van der Waals surface area contributed by atoms with Gasteiger partial charge in [-0.2, -0.15) is 0 Å². The van der Waals surface area contributed by atoms with Crippen LogP contribution in [-0.2, 0) is 0 Å². The Morgan fingerprint density at radius 3 is 2.35 bits per heavy atom. The molecule has 2 aromatic rings. The van der Waals surface area contributed by atoms with Gasteiger partial charge in [-0.15, -0.1) is 0 Å². The smallest absolute Gasteiger partial charge is 0.255 e. The van der Waals surface area contributed by atoms with Gasteiger partial charge in [0, 0.05) is 17.7 Å². The molecule has 0 radical (unpaired) electrons. The molecule has 2 aromatic carbocycles. The molecule has 0 spiro atoms. The number of hydrogen-bond donors (Lipinski definition) is 1. The summed E-state index contributed by atoms with van der Waals surface area (Å²) in [6, 6.07) is 4.54. The van der Waals surface area contributed by atoms with Crippen LogP contribution in [0.15, 0.2) is 30.3 Å². The molecule has 0 aromatic heterocycles. The van der Waals surface area contributed by atoms with Gasteiger partial charge < -0.3 is 5.32 Å². The minimum Gasteiger partial charge on any atom is -0.319 e. The van der Waals surface area contributed by atoms with Crippen molar-refractivity contribution in [2.24, 2.45) is 0 Å². The third-order valence-electron chi connectivity index (χ3n) is 2.66. The number of carbonyl (C=O) groups is 1. The summed E-state index contributed by atoms with van der Waals surface area (Å²) in [4.78, 5) is 11.8. The van der Waals surface area contributed by atoms with Crippen LogP contribution in [0.3, 0.4) is 0 Å². The second-order valence-corrected chi connectivity index (χ2v) is 4.17. The highest BCUT2D eigenvalue weighted by molar-refractivity contribution is 6.04. The number of amides is 1. The van der Waals surface area contributed by atoms with Gasteiger partial charge in [0.1, 0.15) is 11.6 Å². The summed E-state index contributed by atoms with van der Waals surface area (Å²) in [5.41, 5.74) is -0.342. The molecule has 0 bridgehead atoms. The van der Waals surface area contributed by atoms with Crippen molar-refractivity contribution in [1.82, 2.24) is 0 Å². The maximum absolute atomic E-state index is 13.4. The third-order valence-corrected chi connectivity index (χ3v) is 2.66. The molecule has 20 heavy (non-hydrogen) atoms. The lowest BCUT2D eigenvalue weighted by Gasteiger charge is -2.08. The van der Waals surface area contributed by atoms with Crippen LogP contribution in [-0.4, -0.2) is 5.91 Å². The molecule has 0 saturated heterocycles. The van der Waals surface area contributed by atoms with Crippen molar-refractivity contribution in [1.29, 1.82) is 0 Å². The summed E-state index contributed by atoms with van der Waals surface area (Å²) < 4.78 is 52.4. The van der Waals surface area contributed by atoms with E-state index < -0.39 is 34.9 Å². The molecule has 0 aliphatic heterocycles. The maximum Gasteiger partial charge on any atom is 0.255 e. The van der Waals surface area contributed by atoms with E-state index in [4.69, 9.17) is 0 Å². The van der Waals surface area contributed by atoms with Crippen LogP contribution < -0.4 is 5.32 Å². The Labute approximate surface area is 112 Å². The first-order chi connectivity index (χ1) is 9.38. The molecule has 2 rings (SSSR count). The quantitative estimate of drug-likeness (QED) is 0.659. The average molecular weight is 283 g/mol. The van der Waals surface area contributed by atoms with E-state index in [-0.39, 0.29) is 11.1 Å². The fourth-order valence-corrected chi connectivity index (χ4v) is 1.63. The van der Waals surface area contributed by atoms with Crippen LogP contribution >= 0.6 is 0 Å². The van der Waals surface area contributed by atoms with Crippen LogP contribution in [0.5, 0.6) is 0 Å². The van der Waals surface area contributed by atoms with E-state index in [1.54, 1.807) is 0 Å². The topological polar surface area (TPSA) is 29.1 Å². The number of aryl methyl sites for hydroxylation is 1. The predicted octanol–water partition coefficient (Wildman–Crippen LogP) is 3.80. The Balaban J connectivity index is 2.30. The van der Waals surface area contributed by atoms with E-state index in [1.807, 2.05) is 5.32 Å². The van der Waals surface area contributed by atoms with E-state index >= 15 is 0 Å². The monoisotopic (exact) mass is 283 g/mol. The Morgan fingerprint density at radius 1 is 1.00 bits per heavy atom. The third kappa shape index (κ3) is 2.79. The summed E-state index contributed by atoms with van der Waals surface area (Å²) >= 11 is 0. The number of carbonyl (C=O) groups excluding carboxylic acids is 1. The van der Waals surface area contributed by atoms with Gasteiger partial charge in [0.2, 0.25) is 0 Å². The summed E-state index contributed by atoms with van der Waals surface area (Å²) in [5, 5.41) is 2.04. The molecule has 1 amide bonds. The predicted molar refractivity (Wildman–Crippen MR) is 65.4 cm³/mol. The number of rotatable bonds is 2. The molecule has 0 heterocycles. The number of anilines is 1. The normalized spacial score (nSPS) is 10.4. The Bertz CT molecular complexity index is 685. The molecule has 6 heteroatoms. The lowest BCUT2D eigenvalue weighted by atomic mass is 10.1. The molecule has 0 unspecified atom stereocenters. The first-order valence-corrected chi connectivity index (χ1v) is 5.60. The van der Waals surface area contributed by atoms with Crippen LogP contribution in [0.1, 0.15) is 15.9 Å². The Kier molecular flexibility index (Phi) is 3.74. The minimum absolute atomic E-state index is 0.0490. The highest BCUT2D eigenvalue weighted by Crippen LogP contribution is 2.20. The standard InChI is InChI=1S/C14H9F4NO/c1-7-4-8(2-3-10(7)16)14(20)19-12-6-9(15)5-11(17)13(12)18/h2-6H,1H3,(H,19,20). The van der Waals surface area contributed by atoms with Gasteiger partial charge in [-0.25, -0.2) is 17.6 Å². The minimum atomic E-state index is -1.41. The molecule has 104 valence electrons. The van der Waals surface area contributed by atoms with Crippen molar-refractivity contribution in [3.8, 4) is 0 Å². The largest absolute Gasteiger partial charge is 0.319 e. The van der Waals surface area contributed by atoms with Gasteiger partial charge in [-0.1, -0.05) is 0 Å². The number of halogens is 4. The van der Waals surface area contributed by atoms with E-state index in [0.717, 1.165) is 6.07 Å². The van der Waals surface area contributed by atoms with Crippen LogP contribution in [0.2, 0.25) is 0 Å². The van der Waals surface area contributed by atoms with Gasteiger partial charge in [-0.3, -0.25) is 4.79 Å². The van der Waals surface area contributed by atoms with Gasteiger partial charge in [0.15, 0.2) is 11.6 Å². The molecule has 0 saturated carbocycles. The molecule has 1 N–H and O–H groups in total. The van der Waals surface area contributed by atoms with Crippen LogP contribution in [0.25, 0.3) is 0 Å². The van der Waals surface area contributed by atoms with Gasteiger partial charge >= 0.3 is 0 Å². The summed E-state index contributed by atoms with van der Waals surface area (Å²) in [6.07, 6.45) is 0. The lowest BCUT2D eigenvalue weighted by Crippen LogP contribution is -2.14. The molecule has 0 aliphatic carbocycles. The first kappa shape index (κ1) is 14.0. The van der Waals surface area contributed by atoms with E-state index in [9.17, 15) is 22.4 Å². The number of nitrogens with one attached hydrogen (secondary N) is 1. The lowest BCUT2D eigenvalue weighted by molar-refractivity contribution is 0.102. The second-order valence-electron chi connectivity index (χ2n) is 4.17. The molecule has 0 aliphatic rings. The van der Waals surface area contributed by atoms with Crippen molar-refractivity contribution >= 4 is 11.6 Å². The van der Waals surface area contributed by atoms with Crippen molar-refractivity contribution < 1.29 is 22.4 Å². The van der Waals surface area contributed by atoms with E-state index in [2.05, 4.69) is 0 Å². The SMILES string of the molecule is Cc1cc(C(=O)Nc2cc(F)cc(F)c2F)ccc1F. The summed E-state index contributed by atoms with van der Waals surface area (Å²) in [6.45, 7) is 1.45. The first-order valence-electron chi connectivity index (χ1n) is 5.60. The second kappa shape index (κ2) is 5.32. The molecule has 0 atom stereocenters. The zero-order valence-electron chi connectivity index (χ0n) is 10.3. The molecule has 2 nitrogen and oxygen atoms in total. The summed E-state index contributed by atoms with van der Waals surface area (Å²) in [7, 11) is 0. The van der Waals surface area contributed by atoms with Crippen LogP contribution in [0.4, 0.5) is 23.2 Å². The highest BCUT2D eigenvalue weighted by atomic mass is 19.2. The van der Waals surface area contributed by atoms with Crippen molar-refractivity contribution in [3.05, 3.63) is 64.7 Å². The molecule has 0 fully saturated rings. The zero-order chi connectivity index (χ0) is 14.9. The number of benzene rings is 2. The Hall–Kier alpha value is -2.37. The fourth-order valence-electron chi connectivity index (χ4n) is 1.63.